The molecule has 10 heteroatoms. The average Bonchev–Trinajstić information content (AvgIpc) is 2.42. The maximum Gasteiger partial charge on any atom is 0.390 e. The van der Waals surface area contributed by atoms with Crippen LogP contribution in [0.3, 0.4) is 0 Å². The molecule has 1 heterocycles. The van der Waals surface area contributed by atoms with Gasteiger partial charge in [-0.2, -0.15) is 13.2 Å². The van der Waals surface area contributed by atoms with Crippen molar-refractivity contribution in [1.82, 2.24) is 10.2 Å². The van der Waals surface area contributed by atoms with Crippen molar-refractivity contribution in [1.29, 1.82) is 0 Å². The number of benzene rings is 1. The third-order valence-corrected chi connectivity index (χ3v) is 4.05. The van der Waals surface area contributed by atoms with Crippen LogP contribution in [0.15, 0.2) is 12.1 Å². The van der Waals surface area contributed by atoms with Crippen LogP contribution in [0.4, 0.5) is 17.6 Å². The summed E-state index contributed by atoms with van der Waals surface area (Å²) in [7, 11) is 0. The van der Waals surface area contributed by atoms with Crippen LogP contribution in [0, 0.1) is 5.82 Å². The van der Waals surface area contributed by atoms with Gasteiger partial charge in [-0.3, -0.25) is 4.90 Å². The molecule has 0 aromatic heterocycles. The van der Waals surface area contributed by atoms with Crippen molar-refractivity contribution in [3.63, 3.8) is 0 Å². The van der Waals surface area contributed by atoms with Crippen LogP contribution >= 0.6 is 48.0 Å². The van der Waals surface area contributed by atoms with Gasteiger partial charge in [-0.15, -0.1) is 24.8 Å². The van der Waals surface area contributed by atoms with E-state index in [4.69, 9.17) is 23.2 Å². The highest BCUT2D eigenvalue weighted by atomic mass is 35.5. The Bertz CT molecular complexity index is 507. The summed E-state index contributed by atoms with van der Waals surface area (Å²) in [5, 5.41) is 2.79. The molecule has 1 fully saturated rings. The van der Waals surface area contributed by atoms with E-state index in [-0.39, 0.29) is 40.4 Å². The molecular formula is C13H16Cl4F4N2. The molecule has 0 spiro atoms. The number of piperazine rings is 1. The molecular weight excluding hydrogens is 402 g/mol. The quantitative estimate of drug-likeness (QED) is 0.557. The Morgan fingerprint density at radius 3 is 2.13 bits per heavy atom. The minimum Gasteiger partial charge on any atom is -0.314 e. The lowest BCUT2D eigenvalue weighted by Gasteiger charge is -2.36. The van der Waals surface area contributed by atoms with Crippen molar-refractivity contribution in [2.24, 2.45) is 0 Å². The first-order valence-electron chi connectivity index (χ1n) is 6.44. The lowest BCUT2D eigenvalue weighted by Crippen LogP contribution is -2.46. The first-order chi connectivity index (χ1) is 9.79. The van der Waals surface area contributed by atoms with Crippen molar-refractivity contribution >= 4 is 48.0 Å². The molecule has 2 rings (SSSR count). The van der Waals surface area contributed by atoms with Gasteiger partial charge in [-0.25, -0.2) is 4.39 Å². The number of hydrogen-bond acceptors (Lipinski definition) is 2. The van der Waals surface area contributed by atoms with E-state index in [2.05, 4.69) is 5.32 Å². The molecule has 1 aliphatic rings. The largest absolute Gasteiger partial charge is 0.390 e. The normalized spacial score (nSPS) is 17.1. The smallest absolute Gasteiger partial charge is 0.314 e. The highest BCUT2D eigenvalue weighted by Gasteiger charge is 2.38. The van der Waals surface area contributed by atoms with Gasteiger partial charge in [0.25, 0.3) is 0 Å². The van der Waals surface area contributed by atoms with E-state index >= 15 is 0 Å². The van der Waals surface area contributed by atoms with Crippen LogP contribution in [-0.2, 0) is 0 Å². The molecule has 0 radical (unpaired) electrons. The predicted molar refractivity (Wildman–Crippen MR) is 88.8 cm³/mol. The van der Waals surface area contributed by atoms with Crippen molar-refractivity contribution in [3.05, 3.63) is 33.6 Å². The number of nitrogens with one attached hydrogen (secondary N) is 1. The van der Waals surface area contributed by atoms with Gasteiger partial charge < -0.3 is 5.32 Å². The van der Waals surface area contributed by atoms with E-state index in [0.717, 1.165) is 0 Å². The number of alkyl halides is 3. The molecule has 0 bridgehead atoms. The Hall–Kier alpha value is 0.0200. The van der Waals surface area contributed by atoms with Gasteiger partial charge in [-0.1, -0.05) is 23.2 Å². The summed E-state index contributed by atoms with van der Waals surface area (Å²) in [6.07, 6.45) is -5.59. The topological polar surface area (TPSA) is 15.3 Å². The molecule has 1 atom stereocenters. The summed E-state index contributed by atoms with van der Waals surface area (Å²) in [6.45, 7) is 1.88. The van der Waals surface area contributed by atoms with Crippen LogP contribution in [0.2, 0.25) is 10.0 Å². The summed E-state index contributed by atoms with van der Waals surface area (Å²) >= 11 is 11.6. The fourth-order valence-electron chi connectivity index (χ4n) is 2.47. The highest BCUT2D eigenvalue weighted by Crippen LogP contribution is 2.39. The van der Waals surface area contributed by atoms with E-state index in [1.54, 1.807) is 4.90 Å². The summed E-state index contributed by atoms with van der Waals surface area (Å²) in [6, 6.07) is 1.40. The molecule has 1 aliphatic heterocycles. The van der Waals surface area contributed by atoms with E-state index in [1.807, 2.05) is 0 Å². The Morgan fingerprint density at radius 2 is 1.61 bits per heavy atom. The van der Waals surface area contributed by atoms with Gasteiger partial charge in [0, 0.05) is 42.8 Å². The average molecular weight is 418 g/mol. The minimum atomic E-state index is -4.42. The zero-order valence-corrected chi connectivity index (χ0v) is 14.9. The zero-order chi connectivity index (χ0) is 15.6. The van der Waals surface area contributed by atoms with E-state index < -0.39 is 24.5 Å². The third-order valence-electron chi connectivity index (χ3n) is 3.43. The van der Waals surface area contributed by atoms with Crippen molar-refractivity contribution < 1.29 is 17.6 Å². The first-order valence-corrected chi connectivity index (χ1v) is 7.20. The summed E-state index contributed by atoms with van der Waals surface area (Å²) in [5.41, 5.74) is -0.177. The summed E-state index contributed by atoms with van der Waals surface area (Å²) in [4.78, 5) is 1.59. The second-order valence-corrected chi connectivity index (χ2v) is 5.69. The van der Waals surface area contributed by atoms with Crippen LogP contribution in [0.1, 0.15) is 18.0 Å². The Morgan fingerprint density at radius 1 is 1.09 bits per heavy atom. The molecule has 134 valence electrons. The van der Waals surface area contributed by atoms with Crippen LogP contribution in [-0.4, -0.2) is 37.3 Å². The third kappa shape index (κ3) is 6.11. The molecule has 0 unspecified atom stereocenters. The lowest BCUT2D eigenvalue weighted by atomic mass is 10.00. The highest BCUT2D eigenvalue weighted by molar-refractivity contribution is 6.33. The van der Waals surface area contributed by atoms with Crippen LogP contribution in [0.25, 0.3) is 0 Å². The standard InChI is InChI=1S/C13H14Cl2F4N2.2ClH/c14-8-1-2-9(15)12(16)11(8)10(7-13(17,18)19)21-5-3-20-4-6-21;;/h1-2,10,20H,3-7H2;2*1H/t10-;;/m0../s1. The zero-order valence-electron chi connectivity index (χ0n) is 11.8. The van der Waals surface area contributed by atoms with Crippen molar-refractivity contribution in [2.45, 2.75) is 18.6 Å². The minimum absolute atomic E-state index is 0. The number of nitrogens with zero attached hydrogens (tertiary/aromatic N) is 1. The predicted octanol–water partition coefficient (Wildman–Crippen LogP) is 4.87. The Labute approximate surface area is 154 Å². The van der Waals surface area contributed by atoms with Crippen LogP contribution in [0.5, 0.6) is 0 Å². The van der Waals surface area contributed by atoms with E-state index in [1.165, 1.54) is 12.1 Å². The van der Waals surface area contributed by atoms with E-state index in [9.17, 15) is 17.6 Å². The SMILES string of the molecule is Cl.Cl.Fc1c(Cl)ccc(Cl)c1[C@H](CC(F)(F)F)N1CCNCC1. The van der Waals surface area contributed by atoms with Gasteiger partial charge in [0.1, 0.15) is 5.82 Å². The van der Waals surface area contributed by atoms with Gasteiger partial charge in [0.15, 0.2) is 0 Å². The second kappa shape index (κ2) is 9.49. The van der Waals surface area contributed by atoms with Gasteiger partial charge in [0.2, 0.25) is 0 Å². The molecule has 2 nitrogen and oxygen atoms in total. The monoisotopic (exact) mass is 416 g/mol. The van der Waals surface area contributed by atoms with Crippen molar-refractivity contribution in [3.8, 4) is 0 Å². The van der Waals surface area contributed by atoms with Crippen LogP contribution < -0.4 is 5.32 Å². The Kier molecular flexibility index (Phi) is 9.50. The van der Waals surface area contributed by atoms with Gasteiger partial charge >= 0.3 is 6.18 Å². The number of halogens is 8. The number of rotatable bonds is 3. The fraction of sp³-hybridized carbons (Fsp3) is 0.538. The maximum atomic E-state index is 14.2. The maximum absolute atomic E-state index is 14.2. The molecule has 0 aliphatic carbocycles. The lowest BCUT2D eigenvalue weighted by molar-refractivity contribution is -0.149. The van der Waals surface area contributed by atoms with Crippen molar-refractivity contribution in [2.75, 3.05) is 26.2 Å². The van der Waals surface area contributed by atoms with Gasteiger partial charge in [0.05, 0.1) is 11.4 Å². The molecule has 0 saturated carbocycles. The molecule has 1 aromatic carbocycles. The molecule has 23 heavy (non-hydrogen) atoms. The molecule has 1 N–H and O–H groups in total. The number of hydrogen-bond donors (Lipinski definition) is 1. The fourth-order valence-corrected chi connectivity index (χ4v) is 2.91. The molecule has 1 aromatic rings. The molecule has 1 saturated heterocycles. The second-order valence-electron chi connectivity index (χ2n) is 4.88. The molecule has 0 amide bonds. The van der Waals surface area contributed by atoms with Gasteiger partial charge in [-0.05, 0) is 12.1 Å². The van der Waals surface area contributed by atoms with E-state index in [0.29, 0.717) is 26.2 Å². The summed E-state index contributed by atoms with van der Waals surface area (Å²) in [5.74, 6) is -0.878. The summed E-state index contributed by atoms with van der Waals surface area (Å²) < 4.78 is 52.8. The Balaban J connectivity index is 0.00000242. The first kappa shape index (κ1) is 23.0.